The van der Waals surface area contributed by atoms with Crippen LogP contribution in [0, 0.1) is 0 Å². The highest BCUT2D eigenvalue weighted by molar-refractivity contribution is 6.29. The van der Waals surface area contributed by atoms with Crippen molar-refractivity contribution in [2.24, 2.45) is 0 Å². The molecule has 0 heteroatoms. The van der Waals surface area contributed by atoms with Gasteiger partial charge in [0, 0.05) is 0 Å². The summed E-state index contributed by atoms with van der Waals surface area (Å²) >= 11 is 0. The Morgan fingerprint density at radius 2 is 0.424 bits per heavy atom. The largest absolute Gasteiger partial charge is 0.0561 e. The molecule has 0 N–H and O–H groups in total. The van der Waals surface area contributed by atoms with Crippen LogP contribution in [0.4, 0.5) is 0 Å². The molecule has 13 rings (SSSR count). The van der Waals surface area contributed by atoms with Gasteiger partial charge in [-0.3, -0.25) is 0 Å². The van der Waals surface area contributed by atoms with Gasteiger partial charge in [0.25, 0.3) is 0 Å². The maximum Gasteiger partial charge on any atom is -0.00206 e. The van der Waals surface area contributed by atoms with Gasteiger partial charge in [-0.2, -0.15) is 0 Å². The third kappa shape index (κ3) is 5.77. The molecule has 0 aliphatic heterocycles. The van der Waals surface area contributed by atoms with Gasteiger partial charge in [0.1, 0.15) is 0 Å². The van der Waals surface area contributed by atoms with Gasteiger partial charge in [-0.1, -0.05) is 208 Å². The Labute approximate surface area is 387 Å². The lowest BCUT2D eigenvalue weighted by Gasteiger charge is -2.23. The first-order valence-corrected chi connectivity index (χ1v) is 23.9. The molecule has 0 saturated heterocycles. The summed E-state index contributed by atoms with van der Waals surface area (Å²) in [7, 11) is 0. The van der Waals surface area contributed by atoms with Gasteiger partial charge in [0.05, 0.1) is 0 Å². The van der Waals surface area contributed by atoms with E-state index < -0.39 is 0 Å². The Morgan fingerprint density at radius 1 is 0.212 bits per heavy atom. The van der Waals surface area contributed by atoms with Crippen molar-refractivity contribution in [3.63, 3.8) is 0 Å². The lowest BCUT2D eigenvalue weighted by molar-refractivity contribution is 0.591. The van der Waals surface area contributed by atoms with E-state index in [1.54, 1.807) is 0 Å². The van der Waals surface area contributed by atoms with E-state index in [2.05, 4.69) is 226 Å². The fourth-order valence-electron chi connectivity index (χ4n) is 11.6. The predicted octanol–water partition coefficient (Wildman–Crippen LogP) is 19.3. The molecule has 13 aromatic rings. The number of rotatable bonds is 3. The lowest BCUT2D eigenvalue weighted by atomic mass is 9.81. The summed E-state index contributed by atoms with van der Waals surface area (Å²) < 4.78 is 0. The second-order valence-electron chi connectivity index (χ2n) is 22.6. The van der Waals surface area contributed by atoms with Crippen LogP contribution in [0.5, 0.6) is 0 Å². The zero-order chi connectivity index (χ0) is 45.2. The van der Waals surface area contributed by atoms with Crippen molar-refractivity contribution in [2.45, 2.75) is 78.6 Å². The fourth-order valence-corrected chi connectivity index (χ4v) is 11.6. The van der Waals surface area contributed by atoms with Crippen LogP contribution in [0.15, 0.2) is 164 Å². The second kappa shape index (κ2) is 13.3. The average Bonchev–Trinajstić information content (AvgIpc) is 3.30. The molecule has 0 heterocycles. The maximum atomic E-state index is 2.47. The minimum absolute atomic E-state index is 0.0630. The van der Waals surface area contributed by atoms with E-state index >= 15 is 0 Å². The molecule has 0 unspecified atom stereocenters. The molecule has 0 aliphatic rings. The summed E-state index contributed by atoms with van der Waals surface area (Å²) in [4.78, 5) is 0. The zero-order valence-electron chi connectivity index (χ0n) is 39.6. The molecule has 0 aromatic heterocycles. The molecule has 0 atom stereocenters. The van der Waals surface area contributed by atoms with Gasteiger partial charge in [-0.25, -0.2) is 0 Å². The van der Waals surface area contributed by atoms with Crippen LogP contribution in [-0.2, 0) is 16.2 Å². The molecular formula is C66H54. The number of hydrogen-bond donors (Lipinski definition) is 0. The van der Waals surface area contributed by atoms with Crippen molar-refractivity contribution in [2.75, 3.05) is 0 Å². The number of benzene rings is 13. The third-order valence-corrected chi connectivity index (χ3v) is 15.3. The van der Waals surface area contributed by atoms with Crippen molar-refractivity contribution >= 4 is 97.0 Å². The zero-order valence-corrected chi connectivity index (χ0v) is 39.6. The summed E-state index contributed by atoms with van der Waals surface area (Å²) in [6, 6.07) is 64.3. The maximum absolute atomic E-state index is 2.47. The van der Waals surface area contributed by atoms with Crippen molar-refractivity contribution in [1.82, 2.24) is 0 Å². The van der Waals surface area contributed by atoms with E-state index in [1.807, 2.05) is 0 Å². The van der Waals surface area contributed by atoms with Crippen LogP contribution in [0.1, 0.15) is 79.0 Å². The van der Waals surface area contributed by atoms with Crippen LogP contribution >= 0.6 is 0 Å². The van der Waals surface area contributed by atoms with Crippen molar-refractivity contribution in [3.05, 3.63) is 180 Å². The predicted molar refractivity (Wildman–Crippen MR) is 290 cm³/mol. The highest BCUT2D eigenvalue weighted by Gasteiger charge is 2.23. The fraction of sp³-hybridized carbons (Fsp3) is 0.182. The quantitative estimate of drug-likeness (QED) is 0.155. The Bertz CT molecular complexity index is 3640. The molecule has 66 heavy (non-hydrogen) atoms. The molecule has 0 fully saturated rings. The number of hydrogen-bond acceptors (Lipinski definition) is 0. The summed E-state index contributed by atoms with van der Waals surface area (Å²) in [5, 5.41) is 23.8. The summed E-state index contributed by atoms with van der Waals surface area (Å²) in [5.41, 5.74) is 11.8. The molecule has 0 aliphatic carbocycles. The third-order valence-electron chi connectivity index (χ3n) is 15.3. The van der Waals surface area contributed by atoms with Gasteiger partial charge < -0.3 is 0 Å². The molecule has 13 aromatic carbocycles. The van der Waals surface area contributed by atoms with Crippen molar-refractivity contribution in [3.8, 4) is 33.4 Å². The second-order valence-corrected chi connectivity index (χ2v) is 22.6. The van der Waals surface area contributed by atoms with Crippen LogP contribution < -0.4 is 0 Å². The molecular weight excluding hydrogens is 793 g/mol. The SMILES string of the molecule is CC(C)(C)c1cc2ccc3ccc(-c4cc(-c5ccc6ccc7cc(C(C)(C)C)cc8ccc5c6c78)cc(-c5ccc6ccc7cc(C(C)(C)C)cc8ccc5c6c78)c4)c4ccc(c1)c2c34. The molecule has 0 saturated carbocycles. The standard InChI is InChI=1S/C66H54/c1-64(2,3)49-31-40-13-10-37-16-22-52(55-25-19-43(34-49)58(40)61(37)55)46-28-47(53-23-17-38-11-14-41-32-50(65(4,5)6)35-44-20-26-56(53)62(38)59(41)44)30-48(29-46)54-24-18-39-12-15-42-33-51(66(7,8)9)36-45-21-27-57(54)63(39)60(42)45/h10-36H,1-9H3. The Kier molecular flexibility index (Phi) is 7.93. The van der Waals surface area contributed by atoms with Gasteiger partial charge in [-0.05, 0) is 181 Å². The normalized spacial score (nSPS) is 13.2. The van der Waals surface area contributed by atoms with E-state index in [1.165, 1.54) is 147 Å². The van der Waals surface area contributed by atoms with E-state index in [9.17, 15) is 0 Å². The van der Waals surface area contributed by atoms with Gasteiger partial charge >= 0.3 is 0 Å². The van der Waals surface area contributed by atoms with E-state index in [4.69, 9.17) is 0 Å². The van der Waals surface area contributed by atoms with E-state index in [0.29, 0.717) is 0 Å². The topological polar surface area (TPSA) is 0 Å². The summed E-state index contributed by atoms with van der Waals surface area (Å²) in [6.07, 6.45) is 0. The minimum atomic E-state index is 0.0630. The molecule has 0 bridgehead atoms. The molecule has 0 spiro atoms. The Balaban J connectivity index is 1.10. The van der Waals surface area contributed by atoms with E-state index in [0.717, 1.165) is 0 Å². The highest BCUT2D eigenvalue weighted by Crippen LogP contribution is 2.47. The first-order chi connectivity index (χ1) is 31.6. The Hall–Kier alpha value is -7.02. The molecule has 0 radical (unpaired) electrons. The molecule has 0 nitrogen and oxygen atoms in total. The van der Waals surface area contributed by atoms with Gasteiger partial charge in [0.15, 0.2) is 0 Å². The first kappa shape index (κ1) is 39.4. The monoisotopic (exact) mass is 846 g/mol. The van der Waals surface area contributed by atoms with Crippen LogP contribution in [-0.4, -0.2) is 0 Å². The first-order valence-electron chi connectivity index (χ1n) is 23.9. The minimum Gasteiger partial charge on any atom is -0.0561 e. The molecule has 0 amide bonds. The van der Waals surface area contributed by atoms with Crippen LogP contribution in [0.2, 0.25) is 0 Å². The molecule has 318 valence electrons. The van der Waals surface area contributed by atoms with Crippen molar-refractivity contribution < 1.29 is 0 Å². The smallest absolute Gasteiger partial charge is 0.00206 e. The van der Waals surface area contributed by atoms with Gasteiger partial charge in [-0.15, -0.1) is 0 Å². The summed E-state index contributed by atoms with van der Waals surface area (Å²) in [5.74, 6) is 0. The lowest BCUT2D eigenvalue weighted by Crippen LogP contribution is -2.10. The van der Waals surface area contributed by atoms with Crippen LogP contribution in [0.3, 0.4) is 0 Å². The summed E-state index contributed by atoms with van der Waals surface area (Å²) in [6.45, 7) is 20.8. The highest BCUT2D eigenvalue weighted by atomic mass is 14.3. The Morgan fingerprint density at radius 3 is 0.667 bits per heavy atom. The average molecular weight is 847 g/mol. The van der Waals surface area contributed by atoms with E-state index in [-0.39, 0.29) is 16.2 Å². The van der Waals surface area contributed by atoms with Crippen molar-refractivity contribution in [1.29, 1.82) is 0 Å². The van der Waals surface area contributed by atoms with Gasteiger partial charge in [0.2, 0.25) is 0 Å². The van der Waals surface area contributed by atoms with Crippen LogP contribution in [0.25, 0.3) is 130 Å².